The number of ether oxygens (including phenoxy) is 1. The van der Waals surface area contributed by atoms with Crippen LogP contribution in [0.3, 0.4) is 0 Å². The van der Waals surface area contributed by atoms with Crippen molar-refractivity contribution in [1.82, 2.24) is 0 Å². The molecule has 3 aromatic carbocycles. The minimum Gasteiger partial charge on any atom is -0.454 e. The van der Waals surface area contributed by atoms with Gasteiger partial charge in [0.1, 0.15) is 17.7 Å². The zero-order valence-electron chi connectivity index (χ0n) is 14.6. The zero-order chi connectivity index (χ0) is 19.7. The molecule has 1 heterocycles. The zero-order valence-corrected chi connectivity index (χ0v) is 14.6. The monoisotopic (exact) mass is 379 g/mol. The summed E-state index contributed by atoms with van der Waals surface area (Å²) in [6.07, 6.45) is -0.185. The molecule has 0 aliphatic carbocycles. The molecule has 0 fully saturated rings. The van der Waals surface area contributed by atoms with E-state index in [0.29, 0.717) is 34.4 Å². The summed E-state index contributed by atoms with van der Waals surface area (Å²) >= 11 is 0. The van der Waals surface area contributed by atoms with Crippen molar-refractivity contribution in [2.45, 2.75) is 12.5 Å². The molecule has 1 amide bonds. The second-order valence-electron chi connectivity index (χ2n) is 6.49. The van der Waals surface area contributed by atoms with Gasteiger partial charge in [0, 0.05) is 17.7 Å². The number of cyclic esters (lactones) is 1. The Labute approximate surface area is 159 Å². The van der Waals surface area contributed by atoms with E-state index in [1.54, 1.807) is 30.3 Å². The number of hydrogen-bond acceptors (Lipinski definition) is 3. The van der Waals surface area contributed by atoms with Gasteiger partial charge >= 0.3 is 5.97 Å². The van der Waals surface area contributed by atoms with Crippen molar-refractivity contribution < 1.29 is 23.1 Å². The molecule has 0 radical (unpaired) electrons. The van der Waals surface area contributed by atoms with E-state index in [1.165, 1.54) is 36.4 Å². The van der Waals surface area contributed by atoms with E-state index in [0.717, 1.165) is 0 Å². The van der Waals surface area contributed by atoms with Crippen molar-refractivity contribution in [2.75, 3.05) is 5.32 Å². The van der Waals surface area contributed by atoms with Gasteiger partial charge in [-0.1, -0.05) is 18.2 Å². The van der Waals surface area contributed by atoms with Crippen LogP contribution in [-0.4, -0.2) is 11.9 Å². The van der Waals surface area contributed by atoms with Crippen molar-refractivity contribution in [1.29, 1.82) is 0 Å². The molecule has 0 bridgehead atoms. The smallest absolute Gasteiger partial charge is 0.339 e. The Morgan fingerprint density at radius 1 is 0.964 bits per heavy atom. The van der Waals surface area contributed by atoms with Crippen LogP contribution in [0.15, 0.2) is 66.7 Å². The molecule has 0 spiro atoms. The average molecular weight is 379 g/mol. The summed E-state index contributed by atoms with van der Waals surface area (Å²) < 4.78 is 31.9. The number of fused-ring (bicyclic) bond motifs is 1. The highest BCUT2D eigenvalue weighted by Crippen LogP contribution is 2.31. The number of hydrogen-bond donors (Lipinski definition) is 1. The van der Waals surface area contributed by atoms with Gasteiger partial charge in [0.05, 0.1) is 5.56 Å². The molecule has 28 heavy (non-hydrogen) atoms. The third-order valence-corrected chi connectivity index (χ3v) is 4.57. The minimum absolute atomic E-state index is 0.339. The van der Waals surface area contributed by atoms with Gasteiger partial charge in [0.2, 0.25) is 0 Å². The van der Waals surface area contributed by atoms with Crippen LogP contribution in [0, 0.1) is 11.6 Å². The molecule has 1 aliphatic rings. The standard InChI is InChI=1S/C22H15F2NO3/c23-16-7-4-13(5-8-16)20-11-15-10-14(6-9-19(15)22(27)28-20)21(26)25-18-3-1-2-17(24)12-18/h1-10,12,20H,11H2,(H,25,26). The van der Waals surface area contributed by atoms with Gasteiger partial charge in [-0.15, -0.1) is 0 Å². The SMILES string of the molecule is O=C(Nc1cccc(F)c1)c1ccc2c(c1)CC(c1ccc(F)cc1)OC2=O. The maximum absolute atomic E-state index is 13.3. The molecule has 0 aromatic heterocycles. The molecule has 4 rings (SSSR count). The van der Waals surface area contributed by atoms with Crippen LogP contribution in [0.5, 0.6) is 0 Å². The van der Waals surface area contributed by atoms with Crippen LogP contribution in [-0.2, 0) is 11.2 Å². The fraction of sp³-hybridized carbons (Fsp3) is 0.0909. The van der Waals surface area contributed by atoms with Gasteiger partial charge in [-0.2, -0.15) is 0 Å². The first-order chi connectivity index (χ1) is 13.5. The summed E-state index contributed by atoms with van der Waals surface area (Å²) in [6, 6.07) is 16.0. The highest BCUT2D eigenvalue weighted by atomic mass is 19.1. The molecule has 140 valence electrons. The third-order valence-electron chi connectivity index (χ3n) is 4.57. The number of amides is 1. The molecule has 1 unspecified atom stereocenters. The average Bonchev–Trinajstić information content (AvgIpc) is 2.68. The summed E-state index contributed by atoms with van der Waals surface area (Å²) in [5.74, 6) is -1.73. The first-order valence-corrected chi connectivity index (χ1v) is 8.66. The highest BCUT2D eigenvalue weighted by molar-refractivity contribution is 6.05. The summed E-state index contributed by atoms with van der Waals surface area (Å²) in [6.45, 7) is 0. The van der Waals surface area contributed by atoms with Gasteiger partial charge in [-0.25, -0.2) is 13.6 Å². The number of halogens is 2. The van der Waals surface area contributed by atoms with Gasteiger partial charge in [0.15, 0.2) is 0 Å². The fourth-order valence-electron chi connectivity index (χ4n) is 3.17. The largest absolute Gasteiger partial charge is 0.454 e. The Balaban J connectivity index is 1.58. The van der Waals surface area contributed by atoms with Crippen LogP contribution in [0.25, 0.3) is 0 Å². The lowest BCUT2D eigenvalue weighted by atomic mass is 9.93. The predicted octanol–water partition coefficient (Wildman–Crippen LogP) is 4.67. The second kappa shape index (κ2) is 7.23. The van der Waals surface area contributed by atoms with E-state index in [9.17, 15) is 18.4 Å². The molecule has 1 N–H and O–H groups in total. The van der Waals surface area contributed by atoms with Crippen LogP contribution >= 0.6 is 0 Å². The summed E-state index contributed by atoms with van der Waals surface area (Å²) in [5.41, 5.74) is 2.41. The van der Waals surface area contributed by atoms with Gasteiger partial charge in [-0.05, 0) is 59.7 Å². The van der Waals surface area contributed by atoms with Crippen LogP contribution in [0.1, 0.15) is 37.9 Å². The molecule has 3 aromatic rings. The van der Waals surface area contributed by atoms with E-state index in [1.807, 2.05) is 0 Å². The normalized spacial score (nSPS) is 15.5. The molecule has 6 heteroatoms. The molecule has 1 atom stereocenters. The second-order valence-corrected chi connectivity index (χ2v) is 6.49. The number of benzene rings is 3. The minimum atomic E-state index is -0.554. The van der Waals surface area contributed by atoms with Gasteiger partial charge in [0.25, 0.3) is 5.91 Å². The molecular formula is C22H15F2NO3. The predicted molar refractivity (Wildman–Crippen MR) is 99.1 cm³/mol. The number of anilines is 1. The summed E-state index contributed by atoms with van der Waals surface area (Å²) in [5, 5.41) is 2.63. The Kier molecular flexibility index (Phi) is 4.61. The van der Waals surface area contributed by atoms with Crippen molar-refractivity contribution in [3.8, 4) is 0 Å². The lowest BCUT2D eigenvalue weighted by Crippen LogP contribution is -2.23. The quantitative estimate of drug-likeness (QED) is 0.673. The van der Waals surface area contributed by atoms with E-state index in [4.69, 9.17) is 4.74 Å². The molecule has 1 aliphatic heterocycles. The van der Waals surface area contributed by atoms with Crippen molar-refractivity contribution in [2.24, 2.45) is 0 Å². The fourth-order valence-corrected chi connectivity index (χ4v) is 3.17. The summed E-state index contributed by atoms with van der Waals surface area (Å²) in [7, 11) is 0. The van der Waals surface area contributed by atoms with E-state index in [-0.39, 0.29) is 5.82 Å². The molecule has 0 saturated carbocycles. The van der Waals surface area contributed by atoms with E-state index >= 15 is 0 Å². The maximum atomic E-state index is 13.3. The van der Waals surface area contributed by atoms with Crippen LogP contribution in [0.2, 0.25) is 0 Å². The maximum Gasteiger partial charge on any atom is 0.339 e. The number of nitrogens with one attached hydrogen (secondary N) is 1. The number of esters is 1. The van der Waals surface area contributed by atoms with Crippen molar-refractivity contribution >= 4 is 17.6 Å². The Bertz CT molecular complexity index is 1060. The summed E-state index contributed by atoms with van der Waals surface area (Å²) in [4.78, 5) is 24.8. The Hall–Kier alpha value is -3.54. The Morgan fingerprint density at radius 3 is 2.50 bits per heavy atom. The number of rotatable bonds is 3. The van der Waals surface area contributed by atoms with E-state index in [2.05, 4.69) is 5.32 Å². The Morgan fingerprint density at radius 2 is 1.75 bits per heavy atom. The van der Waals surface area contributed by atoms with Crippen molar-refractivity contribution in [3.05, 3.63) is 101 Å². The van der Waals surface area contributed by atoms with Gasteiger partial charge < -0.3 is 10.1 Å². The number of carbonyl (C=O) groups excluding carboxylic acids is 2. The first-order valence-electron chi connectivity index (χ1n) is 8.66. The lowest BCUT2D eigenvalue weighted by molar-refractivity contribution is 0.0252. The first kappa shape index (κ1) is 17.9. The molecular weight excluding hydrogens is 364 g/mol. The molecule has 4 nitrogen and oxygen atoms in total. The topological polar surface area (TPSA) is 55.4 Å². The van der Waals surface area contributed by atoms with Crippen LogP contribution in [0.4, 0.5) is 14.5 Å². The van der Waals surface area contributed by atoms with E-state index < -0.39 is 23.8 Å². The highest BCUT2D eigenvalue weighted by Gasteiger charge is 2.28. The third kappa shape index (κ3) is 3.62. The van der Waals surface area contributed by atoms with Crippen LogP contribution < -0.4 is 5.32 Å². The van der Waals surface area contributed by atoms with Crippen molar-refractivity contribution in [3.63, 3.8) is 0 Å². The lowest BCUT2D eigenvalue weighted by Gasteiger charge is -2.25. The molecule has 0 saturated heterocycles. The number of carbonyl (C=O) groups is 2. The van der Waals surface area contributed by atoms with Gasteiger partial charge in [-0.3, -0.25) is 4.79 Å².